The van der Waals surface area contributed by atoms with Crippen molar-refractivity contribution in [2.75, 3.05) is 6.61 Å². The molecule has 0 atom stereocenters. The molecule has 0 unspecified atom stereocenters. The molecular weight excluding hydrogens is 346 g/mol. The Bertz CT molecular complexity index is 722. The molecule has 0 radical (unpaired) electrons. The zero-order chi connectivity index (χ0) is 15.9. The van der Waals surface area contributed by atoms with Crippen molar-refractivity contribution >= 4 is 22.2 Å². The third-order valence-electron chi connectivity index (χ3n) is 2.98. The molecule has 0 saturated carbocycles. The van der Waals surface area contributed by atoms with Gasteiger partial charge in [-0.1, -0.05) is 18.2 Å². The van der Waals surface area contributed by atoms with E-state index in [4.69, 9.17) is 14.7 Å². The smallest absolute Gasteiger partial charge is 0.175 e. The minimum absolute atomic E-state index is 0.239. The van der Waals surface area contributed by atoms with Gasteiger partial charge in [0.2, 0.25) is 0 Å². The third-order valence-corrected chi connectivity index (χ3v) is 3.57. The lowest BCUT2D eigenvalue weighted by Crippen LogP contribution is -2.02. The van der Waals surface area contributed by atoms with E-state index in [1.54, 1.807) is 18.2 Å². The van der Waals surface area contributed by atoms with Crippen LogP contribution in [0.3, 0.4) is 0 Å². The van der Waals surface area contributed by atoms with Crippen molar-refractivity contribution in [2.24, 2.45) is 0 Å². The Hall–Kier alpha value is -2.32. The Morgan fingerprint density at radius 1 is 1.27 bits per heavy atom. The SMILES string of the molecule is CCOc1cc(C=O)cc(Br)c1OCc1ccccc1C#N. The number of hydrogen-bond acceptors (Lipinski definition) is 4. The number of rotatable bonds is 6. The van der Waals surface area contributed by atoms with Gasteiger partial charge < -0.3 is 9.47 Å². The fourth-order valence-corrected chi connectivity index (χ4v) is 2.54. The van der Waals surface area contributed by atoms with Crippen molar-refractivity contribution in [3.63, 3.8) is 0 Å². The molecule has 2 rings (SSSR count). The van der Waals surface area contributed by atoms with Crippen LogP contribution in [0.1, 0.15) is 28.4 Å². The van der Waals surface area contributed by atoms with Gasteiger partial charge in [0.1, 0.15) is 12.9 Å². The first-order valence-corrected chi connectivity index (χ1v) is 7.51. The number of nitriles is 1. The second-order valence-corrected chi connectivity index (χ2v) is 5.29. The molecule has 0 fully saturated rings. The van der Waals surface area contributed by atoms with Crippen LogP contribution in [-0.2, 0) is 6.61 Å². The second kappa shape index (κ2) is 7.62. The van der Waals surface area contributed by atoms with E-state index >= 15 is 0 Å². The van der Waals surface area contributed by atoms with E-state index in [-0.39, 0.29) is 6.61 Å². The summed E-state index contributed by atoms with van der Waals surface area (Å²) in [5.41, 5.74) is 1.86. The first-order chi connectivity index (χ1) is 10.7. The van der Waals surface area contributed by atoms with E-state index < -0.39 is 0 Å². The van der Waals surface area contributed by atoms with Gasteiger partial charge in [0.05, 0.1) is 22.7 Å². The largest absolute Gasteiger partial charge is 0.490 e. The van der Waals surface area contributed by atoms with E-state index in [0.29, 0.717) is 33.7 Å². The fourth-order valence-electron chi connectivity index (χ4n) is 1.96. The molecule has 22 heavy (non-hydrogen) atoms. The van der Waals surface area contributed by atoms with Crippen molar-refractivity contribution in [1.82, 2.24) is 0 Å². The molecule has 0 bridgehead atoms. The molecule has 2 aromatic rings. The number of benzene rings is 2. The lowest BCUT2D eigenvalue weighted by Gasteiger charge is -2.14. The Kier molecular flexibility index (Phi) is 5.56. The van der Waals surface area contributed by atoms with Gasteiger partial charge in [-0.25, -0.2) is 0 Å². The Balaban J connectivity index is 2.29. The average Bonchev–Trinajstić information content (AvgIpc) is 2.54. The van der Waals surface area contributed by atoms with Crippen LogP contribution >= 0.6 is 15.9 Å². The quantitative estimate of drug-likeness (QED) is 0.728. The topological polar surface area (TPSA) is 59.3 Å². The summed E-state index contributed by atoms with van der Waals surface area (Å²) in [6.07, 6.45) is 0.752. The van der Waals surface area contributed by atoms with Crippen molar-refractivity contribution in [1.29, 1.82) is 5.26 Å². The van der Waals surface area contributed by atoms with Crippen LogP contribution in [-0.4, -0.2) is 12.9 Å². The first-order valence-electron chi connectivity index (χ1n) is 6.72. The number of nitrogens with zero attached hydrogens (tertiary/aromatic N) is 1. The van der Waals surface area contributed by atoms with Gasteiger partial charge in [0.15, 0.2) is 11.5 Å². The van der Waals surface area contributed by atoms with Crippen LogP contribution < -0.4 is 9.47 Å². The Morgan fingerprint density at radius 2 is 2.05 bits per heavy atom. The van der Waals surface area contributed by atoms with Crippen LogP contribution in [0.2, 0.25) is 0 Å². The van der Waals surface area contributed by atoms with Gasteiger partial charge >= 0.3 is 0 Å². The first kappa shape index (κ1) is 16.1. The predicted molar refractivity (Wildman–Crippen MR) is 86.2 cm³/mol. The maximum atomic E-state index is 10.9. The summed E-state index contributed by atoms with van der Waals surface area (Å²) in [5, 5.41) is 9.10. The van der Waals surface area contributed by atoms with E-state index in [1.807, 2.05) is 25.1 Å². The van der Waals surface area contributed by atoms with Gasteiger partial charge in [0.25, 0.3) is 0 Å². The fraction of sp³-hybridized carbons (Fsp3) is 0.176. The minimum atomic E-state index is 0.239. The highest BCUT2D eigenvalue weighted by atomic mass is 79.9. The van der Waals surface area contributed by atoms with E-state index in [9.17, 15) is 4.79 Å². The van der Waals surface area contributed by atoms with Crippen LogP contribution in [0.15, 0.2) is 40.9 Å². The lowest BCUT2D eigenvalue weighted by atomic mass is 10.1. The number of aldehydes is 1. The minimum Gasteiger partial charge on any atom is -0.490 e. The van der Waals surface area contributed by atoms with Crippen LogP contribution in [0.25, 0.3) is 0 Å². The van der Waals surface area contributed by atoms with E-state index in [1.165, 1.54) is 0 Å². The third kappa shape index (κ3) is 3.66. The summed E-state index contributed by atoms with van der Waals surface area (Å²) < 4.78 is 12.0. The molecule has 5 heteroatoms. The summed E-state index contributed by atoms with van der Waals surface area (Å²) in [6.45, 7) is 2.55. The van der Waals surface area contributed by atoms with Gasteiger partial charge in [-0.15, -0.1) is 0 Å². The van der Waals surface area contributed by atoms with Crippen LogP contribution in [0.5, 0.6) is 11.5 Å². The molecule has 0 aliphatic carbocycles. The van der Waals surface area contributed by atoms with Crippen molar-refractivity contribution < 1.29 is 14.3 Å². The molecule has 0 heterocycles. The zero-order valence-corrected chi connectivity index (χ0v) is 13.6. The zero-order valence-electron chi connectivity index (χ0n) is 12.0. The summed E-state index contributed by atoms with van der Waals surface area (Å²) in [5.74, 6) is 1.01. The average molecular weight is 360 g/mol. The van der Waals surface area contributed by atoms with Crippen LogP contribution in [0.4, 0.5) is 0 Å². The highest BCUT2D eigenvalue weighted by molar-refractivity contribution is 9.10. The standard InChI is InChI=1S/C17H14BrNO3/c1-2-21-16-8-12(10-20)7-15(18)17(16)22-11-14-6-4-3-5-13(14)9-19/h3-8,10H,2,11H2,1H3. The van der Waals surface area contributed by atoms with Crippen molar-refractivity contribution in [2.45, 2.75) is 13.5 Å². The Labute approximate surface area is 137 Å². The van der Waals surface area contributed by atoms with Crippen LogP contribution in [0, 0.1) is 11.3 Å². The number of hydrogen-bond donors (Lipinski definition) is 0. The molecule has 4 nitrogen and oxygen atoms in total. The number of carbonyl (C=O) groups excluding carboxylic acids is 1. The highest BCUT2D eigenvalue weighted by Crippen LogP contribution is 2.37. The molecule has 0 aliphatic heterocycles. The van der Waals surface area contributed by atoms with Gasteiger partial charge in [-0.3, -0.25) is 4.79 Å². The Morgan fingerprint density at radius 3 is 2.73 bits per heavy atom. The summed E-state index contributed by atoms with van der Waals surface area (Å²) in [4.78, 5) is 10.9. The molecule has 2 aromatic carbocycles. The lowest BCUT2D eigenvalue weighted by molar-refractivity contribution is 0.112. The molecule has 0 aliphatic rings. The number of carbonyl (C=O) groups is 1. The molecule has 0 N–H and O–H groups in total. The van der Waals surface area contributed by atoms with E-state index in [2.05, 4.69) is 22.0 Å². The predicted octanol–water partition coefficient (Wildman–Crippen LogP) is 4.11. The maximum Gasteiger partial charge on any atom is 0.175 e. The highest BCUT2D eigenvalue weighted by Gasteiger charge is 2.13. The number of ether oxygens (including phenoxy) is 2. The van der Waals surface area contributed by atoms with Crippen molar-refractivity contribution in [3.05, 3.63) is 57.6 Å². The number of halogens is 1. The molecule has 0 saturated heterocycles. The maximum absolute atomic E-state index is 10.9. The van der Waals surface area contributed by atoms with Gasteiger partial charge in [0, 0.05) is 11.1 Å². The van der Waals surface area contributed by atoms with Gasteiger partial charge in [-0.2, -0.15) is 5.26 Å². The van der Waals surface area contributed by atoms with E-state index in [0.717, 1.165) is 11.8 Å². The molecule has 0 spiro atoms. The normalized spacial score (nSPS) is 9.86. The summed E-state index contributed by atoms with van der Waals surface area (Å²) in [7, 11) is 0. The second-order valence-electron chi connectivity index (χ2n) is 4.44. The summed E-state index contributed by atoms with van der Waals surface area (Å²) >= 11 is 3.39. The summed E-state index contributed by atoms with van der Waals surface area (Å²) in [6, 6.07) is 12.7. The monoisotopic (exact) mass is 359 g/mol. The molecule has 0 amide bonds. The van der Waals surface area contributed by atoms with Gasteiger partial charge in [-0.05, 0) is 41.1 Å². The molecular formula is C17H14BrNO3. The molecule has 0 aromatic heterocycles. The molecule has 112 valence electrons. The van der Waals surface area contributed by atoms with Crippen molar-refractivity contribution in [3.8, 4) is 17.6 Å².